The molecule has 132 valence electrons. The van der Waals surface area contributed by atoms with Gasteiger partial charge in [-0.15, -0.1) is 0 Å². The van der Waals surface area contributed by atoms with Crippen molar-refractivity contribution in [1.82, 2.24) is 4.90 Å². The molecule has 0 saturated carbocycles. The number of methoxy groups -OCH3 is 1. The average Bonchev–Trinajstić information content (AvgIpc) is 2.54. The summed E-state index contributed by atoms with van der Waals surface area (Å²) in [4.78, 5) is 25.9. The van der Waals surface area contributed by atoms with Gasteiger partial charge in [-0.1, -0.05) is 12.1 Å². The van der Waals surface area contributed by atoms with E-state index in [0.717, 1.165) is 5.56 Å². The molecule has 0 aromatic heterocycles. The van der Waals surface area contributed by atoms with Crippen molar-refractivity contribution in [1.29, 1.82) is 0 Å². The number of likely N-dealkylation sites (tertiary alicyclic amines) is 1. The Morgan fingerprint density at radius 2 is 2.17 bits per heavy atom. The van der Waals surface area contributed by atoms with Gasteiger partial charge in [0.25, 0.3) is 5.91 Å². The van der Waals surface area contributed by atoms with Crippen molar-refractivity contribution in [3.8, 4) is 5.75 Å². The van der Waals surface area contributed by atoms with E-state index < -0.39 is 17.5 Å². The molecule has 1 aromatic rings. The molecule has 1 aromatic carbocycles. The number of carboxylic acid groups (broad SMARTS) is 1. The van der Waals surface area contributed by atoms with Gasteiger partial charge in [0.15, 0.2) is 6.10 Å². The zero-order valence-corrected chi connectivity index (χ0v) is 14.4. The van der Waals surface area contributed by atoms with Gasteiger partial charge in [-0.2, -0.15) is 0 Å². The normalized spacial score (nSPS) is 22.0. The van der Waals surface area contributed by atoms with Gasteiger partial charge in [-0.3, -0.25) is 9.59 Å². The van der Waals surface area contributed by atoms with E-state index in [1.165, 1.54) is 7.11 Å². The van der Waals surface area contributed by atoms with E-state index in [2.05, 4.69) is 0 Å². The van der Waals surface area contributed by atoms with Crippen molar-refractivity contribution >= 4 is 11.9 Å². The minimum Gasteiger partial charge on any atom is -0.481 e. The lowest BCUT2D eigenvalue weighted by Crippen LogP contribution is -2.54. The molecule has 1 heterocycles. The van der Waals surface area contributed by atoms with Gasteiger partial charge in [0.05, 0.1) is 6.61 Å². The summed E-state index contributed by atoms with van der Waals surface area (Å²) in [5.41, 5.74) is 0.0150. The van der Waals surface area contributed by atoms with Gasteiger partial charge in [0.1, 0.15) is 11.2 Å². The monoisotopic (exact) mass is 335 g/mol. The van der Waals surface area contributed by atoms with E-state index in [1.54, 1.807) is 17.9 Å². The zero-order chi connectivity index (χ0) is 17.7. The van der Waals surface area contributed by atoms with E-state index in [9.17, 15) is 14.7 Å². The predicted molar refractivity (Wildman–Crippen MR) is 89.0 cm³/mol. The van der Waals surface area contributed by atoms with Crippen molar-refractivity contribution in [2.24, 2.45) is 5.41 Å². The second-order valence-electron chi connectivity index (χ2n) is 6.46. The first kappa shape index (κ1) is 18.3. The second kappa shape index (κ2) is 7.66. The fourth-order valence-corrected chi connectivity index (χ4v) is 3.15. The number of benzene rings is 1. The number of carbonyl (C=O) groups excluding carboxylic acids is 1. The number of aliphatic carboxylic acids is 1. The van der Waals surface area contributed by atoms with Crippen LogP contribution in [0.3, 0.4) is 0 Å². The van der Waals surface area contributed by atoms with E-state index in [4.69, 9.17) is 9.47 Å². The number of amides is 1. The molecule has 0 bridgehead atoms. The summed E-state index contributed by atoms with van der Waals surface area (Å²) in [6, 6.07) is 7.50. The van der Waals surface area contributed by atoms with Gasteiger partial charge in [-0.25, -0.2) is 0 Å². The minimum absolute atomic E-state index is 0.0965. The third-order valence-electron chi connectivity index (χ3n) is 4.41. The molecule has 0 radical (unpaired) electrons. The third kappa shape index (κ3) is 4.06. The zero-order valence-electron chi connectivity index (χ0n) is 14.4. The van der Waals surface area contributed by atoms with Crippen LogP contribution >= 0.6 is 0 Å². The molecule has 1 fully saturated rings. The number of aryl methyl sites for hydroxylation is 1. The first-order valence-corrected chi connectivity index (χ1v) is 8.12. The van der Waals surface area contributed by atoms with Crippen LogP contribution in [0.15, 0.2) is 24.3 Å². The van der Waals surface area contributed by atoms with E-state index in [1.807, 2.05) is 25.1 Å². The minimum atomic E-state index is -1.04. The number of hydrogen-bond acceptors (Lipinski definition) is 4. The van der Waals surface area contributed by atoms with E-state index in [-0.39, 0.29) is 19.1 Å². The summed E-state index contributed by atoms with van der Waals surface area (Å²) in [5, 5.41) is 9.57. The molecule has 2 unspecified atom stereocenters. The quantitative estimate of drug-likeness (QED) is 0.861. The van der Waals surface area contributed by atoms with Crippen LogP contribution < -0.4 is 4.74 Å². The summed E-state index contributed by atoms with van der Waals surface area (Å²) in [5.74, 6) is -0.485. The van der Waals surface area contributed by atoms with E-state index >= 15 is 0 Å². The van der Waals surface area contributed by atoms with Crippen molar-refractivity contribution in [2.45, 2.75) is 32.8 Å². The Bertz CT molecular complexity index is 599. The molecule has 2 atom stereocenters. The fraction of sp³-hybridized carbons (Fsp3) is 0.556. The Morgan fingerprint density at radius 3 is 2.79 bits per heavy atom. The van der Waals surface area contributed by atoms with Crippen molar-refractivity contribution < 1.29 is 24.2 Å². The largest absolute Gasteiger partial charge is 0.481 e. The standard InChI is InChI=1S/C18H25NO5/c1-13-6-4-7-15(10-13)24-14(2)16(20)19-9-5-8-18(11-19,12-23-3)17(21)22/h4,6-7,10,14H,5,8-9,11-12H2,1-3H3,(H,21,22). The van der Waals surface area contributed by atoms with Gasteiger partial charge in [-0.05, 0) is 44.4 Å². The van der Waals surface area contributed by atoms with Gasteiger partial charge >= 0.3 is 5.97 Å². The molecular formula is C18H25NO5. The summed E-state index contributed by atoms with van der Waals surface area (Å²) < 4.78 is 10.8. The number of ether oxygens (including phenoxy) is 2. The molecule has 1 aliphatic rings. The van der Waals surface area contributed by atoms with Gasteiger partial charge < -0.3 is 19.5 Å². The molecule has 1 amide bonds. The van der Waals surface area contributed by atoms with Crippen LogP contribution in [-0.4, -0.2) is 54.8 Å². The molecule has 6 heteroatoms. The van der Waals surface area contributed by atoms with Crippen LogP contribution in [0.5, 0.6) is 5.75 Å². The number of nitrogens with zero attached hydrogens (tertiary/aromatic N) is 1. The van der Waals surface area contributed by atoms with Crippen LogP contribution in [0, 0.1) is 12.3 Å². The topological polar surface area (TPSA) is 76.1 Å². The van der Waals surface area contributed by atoms with Crippen molar-refractivity contribution in [2.75, 3.05) is 26.8 Å². The smallest absolute Gasteiger partial charge is 0.313 e. The molecular weight excluding hydrogens is 310 g/mol. The van der Waals surface area contributed by atoms with Crippen LogP contribution in [0.1, 0.15) is 25.3 Å². The SMILES string of the molecule is COCC1(C(=O)O)CCCN(C(=O)C(C)Oc2cccc(C)c2)C1. The highest BCUT2D eigenvalue weighted by Crippen LogP contribution is 2.31. The van der Waals surface area contributed by atoms with Crippen LogP contribution in [-0.2, 0) is 14.3 Å². The molecule has 1 saturated heterocycles. The maximum atomic E-state index is 12.7. The van der Waals surface area contributed by atoms with Crippen LogP contribution in [0.2, 0.25) is 0 Å². The Kier molecular flexibility index (Phi) is 5.83. The Labute approximate surface area is 142 Å². The molecule has 0 aliphatic carbocycles. The Hall–Kier alpha value is -2.08. The summed E-state index contributed by atoms with van der Waals surface area (Å²) in [7, 11) is 1.48. The Morgan fingerprint density at radius 1 is 1.42 bits per heavy atom. The first-order valence-electron chi connectivity index (χ1n) is 8.12. The van der Waals surface area contributed by atoms with E-state index in [0.29, 0.717) is 25.1 Å². The van der Waals surface area contributed by atoms with Gasteiger partial charge in [0.2, 0.25) is 0 Å². The fourth-order valence-electron chi connectivity index (χ4n) is 3.15. The van der Waals surface area contributed by atoms with Gasteiger partial charge in [0, 0.05) is 20.2 Å². The summed E-state index contributed by atoms with van der Waals surface area (Å²) in [6.45, 7) is 4.43. The number of hydrogen-bond donors (Lipinski definition) is 1. The Balaban J connectivity index is 2.06. The number of carbonyl (C=O) groups is 2. The molecule has 2 rings (SSSR count). The molecule has 1 N–H and O–H groups in total. The maximum absolute atomic E-state index is 12.7. The molecule has 1 aliphatic heterocycles. The highest BCUT2D eigenvalue weighted by Gasteiger charge is 2.44. The highest BCUT2D eigenvalue weighted by atomic mass is 16.5. The van der Waals surface area contributed by atoms with Crippen LogP contribution in [0.4, 0.5) is 0 Å². The third-order valence-corrected chi connectivity index (χ3v) is 4.41. The molecule has 0 spiro atoms. The summed E-state index contributed by atoms with van der Waals surface area (Å²) >= 11 is 0. The predicted octanol–water partition coefficient (Wildman–Crippen LogP) is 2.10. The highest BCUT2D eigenvalue weighted by molar-refractivity contribution is 5.83. The lowest BCUT2D eigenvalue weighted by Gasteiger charge is -2.40. The summed E-state index contributed by atoms with van der Waals surface area (Å²) in [6.07, 6.45) is 0.477. The first-order chi connectivity index (χ1) is 11.4. The number of rotatable bonds is 6. The lowest BCUT2D eigenvalue weighted by atomic mass is 9.80. The molecule has 6 nitrogen and oxygen atoms in total. The van der Waals surface area contributed by atoms with Crippen molar-refractivity contribution in [3.05, 3.63) is 29.8 Å². The van der Waals surface area contributed by atoms with Crippen molar-refractivity contribution in [3.63, 3.8) is 0 Å². The average molecular weight is 335 g/mol. The molecule has 24 heavy (non-hydrogen) atoms. The number of carboxylic acids is 1. The van der Waals surface area contributed by atoms with Crippen LogP contribution in [0.25, 0.3) is 0 Å². The number of piperidine rings is 1. The lowest BCUT2D eigenvalue weighted by molar-refractivity contribution is -0.160. The second-order valence-corrected chi connectivity index (χ2v) is 6.46. The maximum Gasteiger partial charge on any atom is 0.313 e.